The Kier molecular flexibility index (Phi) is 4.90. The van der Waals surface area contributed by atoms with Crippen molar-refractivity contribution in [3.63, 3.8) is 0 Å². The summed E-state index contributed by atoms with van der Waals surface area (Å²) in [5.41, 5.74) is 4.42. The average molecular weight is 416 g/mol. The summed E-state index contributed by atoms with van der Waals surface area (Å²) >= 11 is 5.38. The number of hydrogen-bond acceptors (Lipinski definition) is 4. The van der Waals surface area contributed by atoms with E-state index in [1.54, 1.807) is 20.7 Å². The number of amides is 1. The van der Waals surface area contributed by atoms with E-state index in [0.717, 1.165) is 27.3 Å². The van der Waals surface area contributed by atoms with Gasteiger partial charge in [0.25, 0.3) is 5.91 Å². The second-order valence-electron chi connectivity index (χ2n) is 8.93. The molecule has 1 amide bonds. The van der Waals surface area contributed by atoms with Crippen LogP contribution in [0.4, 0.5) is 0 Å². The van der Waals surface area contributed by atoms with E-state index in [1.807, 2.05) is 24.3 Å². The number of allylic oxidation sites excluding steroid dienone is 1. The van der Waals surface area contributed by atoms with Crippen LogP contribution >= 0.6 is 32.9 Å². The lowest BCUT2D eigenvalue weighted by Crippen LogP contribution is -2.51. The third-order valence-electron chi connectivity index (χ3n) is 5.79. The molecule has 3 unspecified atom stereocenters. The fourth-order valence-electron chi connectivity index (χ4n) is 5.29. The van der Waals surface area contributed by atoms with Crippen molar-refractivity contribution >= 4 is 38.8 Å². The molecule has 0 spiro atoms. The van der Waals surface area contributed by atoms with E-state index in [-0.39, 0.29) is 11.4 Å². The van der Waals surface area contributed by atoms with Crippen molar-refractivity contribution in [1.82, 2.24) is 5.32 Å². The molecule has 3 atom stereocenters. The average Bonchev–Trinajstić information content (AvgIpc) is 2.98. The zero-order chi connectivity index (χ0) is 19.2. The van der Waals surface area contributed by atoms with Crippen molar-refractivity contribution in [2.24, 2.45) is 11.3 Å². The Morgan fingerprint density at radius 2 is 2.00 bits per heavy atom. The second-order valence-corrected chi connectivity index (χ2v) is 11.7. The molecule has 0 aliphatic heterocycles. The van der Waals surface area contributed by atoms with Gasteiger partial charge < -0.3 is 5.32 Å². The summed E-state index contributed by atoms with van der Waals surface area (Å²) in [6.45, 7) is 6.89. The fraction of sp³-hybridized carbons (Fsp3) is 0.455. The Bertz CT molecular complexity index is 954. The van der Waals surface area contributed by atoms with E-state index >= 15 is 0 Å². The zero-order valence-electron chi connectivity index (χ0n) is 16.0. The normalized spacial score (nSPS) is 29.9. The van der Waals surface area contributed by atoms with Gasteiger partial charge in [0.05, 0.1) is 5.54 Å². The van der Waals surface area contributed by atoms with E-state index in [4.69, 9.17) is 12.2 Å². The number of carbonyl (C=O) groups is 1. The monoisotopic (exact) mass is 415 g/mol. The minimum absolute atomic E-state index is 0.00394. The standard InChI is InChI=1S/C22H25NOS3/c1-14-8-15-10-21(2,9-14)13-22(3,11-15)23-19(24)17-6-4-16(5-7-17)18-12-26-27-20(18)25/h4-7,11-12,14H,8-10,13H2,1-3H3,(H,23,24). The Balaban J connectivity index is 1.53. The summed E-state index contributed by atoms with van der Waals surface area (Å²) in [7, 11) is 3.26. The van der Waals surface area contributed by atoms with Crippen LogP contribution in [0.25, 0.3) is 11.1 Å². The van der Waals surface area contributed by atoms with Crippen molar-refractivity contribution < 1.29 is 4.79 Å². The highest BCUT2D eigenvalue weighted by atomic mass is 32.9. The molecule has 2 nitrogen and oxygen atoms in total. The van der Waals surface area contributed by atoms with Gasteiger partial charge in [-0.05, 0) is 61.6 Å². The van der Waals surface area contributed by atoms with Crippen molar-refractivity contribution in [3.8, 4) is 11.1 Å². The first-order valence-electron chi connectivity index (χ1n) is 9.47. The molecule has 0 saturated heterocycles. The van der Waals surface area contributed by atoms with Crippen LogP contribution in [-0.4, -0.2) is 11.4 Å². The summed E-state index contributed by atoms with van der Waals surface area (Å²) in [5, 5.41) is 5.40. The molecule has 1 aromatic carbocycles. The number of carbonyl (C=O) groups excluding carboxylic acids is 1. The zero-order valence-corrected chi connectivity index (χ0v) is 18.5. The molecule has 1 N–H and O–H groups in total. The van der Waals surface area contributed by atoms with E-state index in [0.29, 0.717) is 11.0 Å². The van der Waals surface area contributed by atoms with E-state index < -0.39 is 0 Å². The lowest BCUT2D eigenvalue weighted by atomic mass is 9.60. The molecule has 1 aromatic heterocycles. The molecule has 2 aliphatic rings. The van der Waals surface area contributed by atoms with Crippen molar-refractivity contribution in [2.45, 2.75) is 52.0 Å². The maximum Gasteiger partial charge on any atom is 0.251 e. The van der Waals surface area contributed by atoms with E-state index in [2.05, 4.69) is 37.5 Å². The first-order chi connectivity index (χ1) is 12.8. The van der Waals surface area contributed by atoms with E-state index in [9.17, 15) is 4.79 Å². The molecule has 1 heterocycles. The first kappa shape index (κ1) is 19.0. The fourth-order valence-corrected chi connectivity index (χ4v) is 7.69. The van der Waals surface area contributed by atoms with Crippen molar-refractivity contribution in [2.75, 3.05) is 0 Å². The third kappa shape index (κ3) is 3.96. The van der Waals surface area contributed by atoms with Gasteiger partial charge in [-0.3, -0.25) is 4.79 Å². The Morgan fingerprint density at radius 3 is 2.63 bits per heavy atom. The largest absolute Gasteiger partial charge is 0.343 e. The highest BCUT2D eigenvalue weighted by Gasteiger charge is 2.43. The lowest BCUT2D eigenvalue weighted by molar-refractivity contribution is 0.0852. The van der Waals surface area contributed by atoms with Crippen LogP contribution in [0.5, 0.6) is 0 Å². The van der Waals surface area contributed by atoms with Crippen molar-refractivity contribution in [1.29, 1.82) is 0 Å². The molecule has 0 radical (unpaired) electrons. The predicted molar refractivity (Wildman–Crippen MR) is 118 cm³/mol. The number of nitrogens with one attached hydrogen (secondary N) is 1. The molecule has 1 fully saturated rings. The number of rotatable bonds is 3. The van der Waals surface area contributed by atoms with Crippen LogP contribution < -0.4 is 5.32 Å². The summed E-state index contributed by atoms with van der Waals surface area (Å²) in [5.74, 6) is 0.749. The minimum Gasteiger partial charge on any atom is -0.343 e. The minimum atomic E-state index is -0.263. The van der Waals surface area contributed by atoms with Crippen LogP contribution in [0.3, 0.4) is 0 Å². The molecule has 27 heavy (non-hydrogen) atoms. The smallest absolute Gasteiger partial charge is 0.251 e. The molecular formula is C22H25NOS3. The molecule has 2 bridgehead atoms. The van der Waals surface area contributed by atoms with Gasteiger partial charge in [-0.1, -0.05) is 70.5 Å². The van der Waals surface area contributed by atoms with Crippen LogP contribution in [-0.2, 0) is 0 Å². The van der Waals surface area contributed by atoms with E-state index in [1.165, 1.54) is 24.8 Å². The molecular weight excluding hydrogens is 390 g/mol. The van der Waals surface area contributed by atoms with Gasteiger partial charge in [0.1, 0.15) is 3.82 Å². The van der Waals surface area contributed by atoms with Gasteiger partial charge in [-0.25, -0.2) is 0 Å². The number of hydrogen-bond donors (Lipinski definition) is 1. The van der Waals surface area contributed by atoms with Gasteiger partial charge in [-0.15, -0.1) is 0 Å². The quantitative estimate of drug-likeness (QED) is 0.337. The van der Waals surface area contributed by atoms with Crippen LogP contribution in [0.15, 0.2) is 41.3 Å². The maximum absolute atomic E-state index is 12.9. The highest BCUT2D eigenvalue weighted by Crippen LogP contribution is 2.50. The highest BCUT2D eigenvalue weighted by molar-refractivity contribution is 7.79. The molecule has 4 rings (SSSR count). The third-order valence-corrected chi connectivity index (χ3v) is 8.45. The Labute approximate surface area is 173 Å². The van der Waals surface area contributed by atoms with Gasteiger partial charge >= 0.3 is 0 Å². The van der Waals surface area contributed by atoms with Crippen LogP contribution in [0, 0.1) is 15.2 Å². The summed E-state index contributed by atoms with van der Waals surface area (Å²) in [6.07, 6.45) is 6.93. The Hall–Kier alpha value is -1.30. The molecule has 1 saturated carbocycles. The molecule has 142 valence electrons. The van der Waals surface area contributed by atoms with Crippen molar-refractivity contribution in [3.05, 3.63) is 50.7 Å². The van der Waals surface area contributed by atoms with Crippen LogP contribution in [0.2, 0.25) is 0 Å². The molecule has 2 aliphatic carbocycles. The summed E-state index contributed by atoms with van der Waals surface area (Å²) < 4.78 is 0.910. The molecule has 2 aromatic rings. The topological polar surface area (TPSA) is 29.1 Å². The lowest BCUT2D eigenvalue weighted by Gasteiger charge is -2.48. The SMILES string of the molecule is CC1CC2=CC(C)(NC(=O)c3ccc(-c4cssc4=S)cc3)CC(C)(C2)C1. The van der Waals surface area contributed by atoms with Gasteiger partial charge in [-0.2, -0.15) is 0 Å². The number of fused-ring (bicyclic) bond motifs is 2. The summed E-state index contributed by atoms with van der Waals surface area (Å²) in [6, 6.07) is 7.81. The van der Waals surface area contributed by atoms with Gasteiger partial charge in [0.2, 0.25) is 0 Å². The van der Waals surface area contributed by atoms with Gasteiger partial charge in [0, 0.05) is 16.5 Å². The predicted octanol–water partition coefficient (Wildman–Crippen LogP) is 6.85. The second kappa shape index (κ2) is 6.94. The number of benzene rings is 1. The van der Waals surface area contributed by atoms with Gasteiger partial charge in [0.15, 0.2) is 0 Å². The maximum atomic E-state index is 12.9. The Morgan fingerprint density at radius 1 is 1.26 bits per heavy atom. The summed E-state index contributed by atoms with van der Waals surface area (Å²) in [4.78, 5) is 12.9. The van der Waals surface area contributed by atoms with Crippen LogP contribution in [0.1, 0.15) is 56.8 Å². The molecule has 5 heteroatoms. The first-order valence-corrected chi connectivity index (χ1v) is 12.1.